The van der Waals surface area contributed by atoms with Crippen molar-refractivity contribution < 1.29 is 19.1 Å². The highest BCUT2D eigenvalue weighted by Crippen LogP contribution is 2.12. The third kappa shape index (κ3) is 7.24. The number of rotatable bonds is 9. The number of amides is 1. The Morgan fingerprint density at radius 3 is 2.50 bits per heavy atom. The van der Waals surface area contributed by atoms with Crippen LogP contribution in [0.2, 0.25) is 0 Å². The number of carbonyl (C=O) groups is 2. The molecule has 0 unspecified atom stereocenters. The van der Waals surface area contributed by atoms with E-state index in [1.165, 1.54) is 0 Å². The summed E-state index contributed by atoms with van der Waals surface area (Å²) in [7, 11) is 1.62. The van der Waals surface area contributed by atoms with Crippen LogP contribution in [-0.2, 0) is 19.1 Å². The predicted octanol–water partition coefficient (Wildman–Crippen LogP) is -0.0721. The summed E-state index contributed by atoms with van der Waals surface area (Å²) in [4.78, 5) is 22.4. The van der Waals surface area contributed by atoms with Gasteiger partial charge in [0.15, 0.2) is 0 Å². The van der Waals surface area contributed by atoms with E-state index in [1.54, 1.807) is 14.0 Å². The summed E-state index contributed by atoms with van der Waals surface area (Å²) < 4.78 is 9.82. The Kier molecular flexibility index (Phi) is 8.32. The molecule has 2 N–H and O–H groups in total. The summed E-state index contributed by atoms with van der Waals surface area (Å²) in [6.07, 6.45) is 0. The Hall–Kier alpha value is -1.14. The number of hydrogen-bond donors (Lipinski definition) is 2. The first-order chi connectivity index (χ1) is 8.44. The summed E-state index contributed by atoms with van der Waals surface area (Å²) >= 11 is 0. The zero-order valence-electron chi connectivity index (χ0n) is 11.7. The van der Waals surface area contributed by atoms with E-state index in [1.807, 2.05) is 13.8 Å². The second-order valence-electron chi connectivity index (χ2n) is 4.50. The van der Waals surface area contributed by atoms with E-state index in [9.17, 15) is 9.59 Å². The van der Waals surface area contributed by atoms with Gasteiger partial charge >= 0.3 is 5.97 Å². The number of ether oxygens (including phenoxy) is 2. The molecule has 0 bridgehead atoms. The topological polar surface area (TPSA) is 76.7 Å². The average Bonchev–Trinajstić information content (AvgIpc) is 2.32. The van der Waals surface area contributed by atoms with Gasteiger partial charge < -0.3 is 20.1 Å². The van der Waals surface area contributed by atoms with Crippen molar-refractivity contribution in [1.82, 2.24) is 10.6 Å². The average molecular weight is 260 g/mol. The van der Waals surface area contributed by atoms with Gasteiger partial charge in [0.1, 0.15) is 6.61 Å². The van der Waals surface area contributed by atoms with Gasteiger partial charge in [-0.25, -0.2) is 4.79 Å². The first-order valence-corrected chi connectivity index (χ1v) is 6.10. The molecule has 0 fully saturated rings. The van der Waals surface area contributed by atoms with Crippen molar-refractivity contribution in [3.8, 4) is 0 Å². The molecule has 0 heterocycles. The van der Waals surface area contributed by atoms with Gasteiger partial charge in [-0.1, -0.05) is 0 Å². The van der Waals surface area contributed by atoms with Crippen LogP contribution in [0.4, 0.5) is 0 Å². The normalized spacial score (nSPS) is 11.1. The maximum absolute atomic E-state index is 11.5. The van der Waals surface area contributed by atoms with Gasteiger partial charge in [-0.15, -0.1) is 0 Å². The van der Waals surface area contributed by atoms with Crippen molar-refractivity contribution in [2.75, 3.05) is 40.0 Å². The summed E-state index contributed by atoms with van der Waals surface area (Å²) in [5.74, 6) is -0.370. The minimum Gasteiger partial charge on any atom is -0.464 e. The van der Waals surface area contributed by atoms with Crippen molar-refractivity contribution in [2.45, 2.75) is 20.8 Å². The first-order valence-electron chi connectivity index (χ1n) is 6.10. The third-order valence-corrected chi connectivity index (χ3v) is 2.36. The van der Waals surface area contributed by atoms with Gasteiger partial charge in [-0.05, 0) is 20.8 Å². The molecule has 0 aliphatic heterocycles. The van der Waals surface area contributed by atoms with Crippen LogP contribution in [0.1, 0.15) is 20.8 Å². The molecule has 0 saturated heterocycles. The first kappa shape index (κ1) is 16.9. The molecular formula is C12H24N2O4. The largest absolute Gasteiger partial charge is 0.464 e. The Bertz CT molecular complexity index is 267. The Morgan fingerprint density at radius 1 is 1.28 bits per heavy atom. The fourth-order valence-corrected chi connectivity index (χ4v) is 1.32. The van der Waals surface area contributed by atoms with Crippen LogP contribution in [0, 0.1) is 5.41 Å². The maximum Gasteiger partial charge on any atom is 0.332 e. The maximum atomic E-state index is 11.5. The zero-order valence-corrected chi connectivity index (χ0v) is 11.7. The van der Waals surface area contributed by atoms with Crippen molar-refractivity contribution in [2.24, 2.45) is 5.41 Å². The molecule has 0 spiro atoms. The number of nitrogens with one attached hydrogen (secondary N) is 2. The molecule has 106 valence electrons. The Morgan fingerprint density at radius 2 is 1.94 bits per heavy atom. The lowest BCUT2D eigenvalue weighted by atomic mass is 9.92. The molecule has 0 saturated carbocycles. The summed E-state index contributed by atoms with van der Waals surface area (Å²) in [6.45, 7) is 7.34. The molecule has 0 rings (SSSR count). The molecular weight excluding hydrogens is 236 g/mol. The molecule has 6 nitrogen and oxygen atoms in total. The Labute approximate surface area is 108 Å². The lowest BCUT2D eigenvalue weighted by Crippen LogP contribution is -2.42. The molecule has 0 radical (unpaired) electrons. The van der Waals surface area contributed by atoms with Crippen LogP contribution in [-0.4, -0.2) is 51.8 Å². The van der Waals surface area contributed by atoms with E-state index in [2.05, 4.69) is 10.6 Å². The van der Waals surface area contributed by atoms with Crippen LogP contribution in [0.15, 0.2) is 0 Å². The second-order valence-corrected chi connectivity index (χ2v) is 4.50. The van der Waals surface area contributed by atoms with E-state index in [-0.39, 0.29) is 18.5 Å². The van der Waals surface area contributed by atoms with Crippen molar-refractivity contribution in [1.29, 1.82) is 0 Å². The third-order valence-electron chi connectivity index (χ3n) is 2.36. The van der Waals surface area contributed by atoms with E-state index in [4.69, 9.17) is 9.47 Å². The number of carbonyl (C=O) groups excluding carboxylic acids is 2. The Balaban J connectivity index is 3.57. The summed E-state index contributed by atoms with van der Waals surface area (Å²) in [5, 5.41) is 5.72. The van der Waals surface area contributed by atoms with Gasteiger partial charge in [0.25, 0.3) is 0 Å². The smallest absolute Gasteiger partial charge is 0.332 e. The molecule has 0 aliphatic carbocycles. The minimum atomic E-state index is -0.462. The molecule has 18 heavy (non-hydrogen) atoms. The zero-order chi connectivity index (χ0) is 14.0. The van der Waals surface area contributed by atoms with Crippen molar-refractivity contribution in [3.63, 3.8) is 0 Å². The lowest BCUT2D eigenvalue weighted by Gasteiger charge is -2.22. The quantitative estimate of drug-likeness (QED) is 0.448. The van der Waals surface area contributed by atoms with Crippen LogP contribution in [0.5, 0.6) is 0 Å². The molecule has 0 aromatic carbocycles. The van der Waals surface area contributed by atoms with E-state index in [0.717, 1.165) is 0 Å². The van der Waals surface area contributed by atoms with Crippen LogP contribution in [0.25, 0.3) is 0 Å². The van der Waals surface area contributed by atoms with Crippen LogP contribution < -0.4 is 10.6 Å². The van der Waals surface area contributed by atoms with E-state index in [0.29, 0.717) is 26.3 Å². The molecule has 0 aromatic rings. The molecule has 0 atom stereocenters. The van der Waals surface area contributed by atoms with E-state index < -0.39 is 5.41 Å². The van der Waals surface area contributed by atoms with E-state index >= 15 is 0 Å². The highest BCUT2D eigenvalue weighted by Gasteiger charge is 2.25. The minimum absolute atomic E-state index is 0.0116. The standard InChI is InChI=1S/C12H24N2O4/c1-5-18-10(15)8-17-7-6-14-9-12(2,3)11(16)13-4/h14H,5-9H2,1-4H3,(H,13,16). The van der Waals surface area contributed by atoms with Gasteiger partial charge in [-0.2, -0.15) is 0 Å². The molecule has 1 amide bonds. The van der Waals surface area contributed by atoms with Crippen LogP contribution in [0.3, 0.4) is 0 Å². The lowest BCUT2D eigenvalue weighted by molar-refractivity contribution is -0.148. The van der Waals surface area contributed by atoms with Gasteiger partial charge in [-0.3, -0.25) is 4.79 Å². The summed E-state index contributed by atoms with van der Waals surface area (Å²) in [6, 6.07) is 0. The monoisotopic (exact) mass is 260 g/mol. The highest BCUT2D eigenvalue weighted by molar-refractivity contribution is 5.81. The fourth-order valence-electron chi connectivity index (χ4n) is 1.32. The molecule has 0 aliphatic rings. The fraction of sp³-hybridized carbons (Fsp3) is 0.833. The van der Waals surface area contributed by atoms with Crippen LogP contribution >= 0.6 is 0 Å². The van der Waals surface area contributed by atoms with Crippen molar-refractivity contribution >= 4 is 11.9 Å². The van der Waals surface area contributed by atoms with Gasteiger partial charge in [0, 0.05) is 20.1 Å². The van der Waals surface area contributed by atoms with Gasteiger partial charge in [0.2, 0.25) is 5.91 Å². The second kappa shape index (κ2) is 8.88. The number of esters is 1. The van der Waals surface area contributed by atoms with Gasteiger partial charge in [0.05, 0.1) is 18.6 Å². The summed E-state index contributed by atoms with van der Waals surface area (Å²) in [5.41, 5.74) is -0.462. The SMILES string of the molecule is CCOC(=O)COCCNCC(C)(C)C(=O)NC. The number of hydrogen-bond acceptors (Lipinski definition) is 5. The van der Waals surface area contributed by atoms with Crippen molar-refractivity contribution in [3.05, 3.63) is 0 Å². The molecule has 0 aromatic heterocycles. The predicted molar refractivity (Wildman–Crippen MR) is 68.2 cm³/mol. The highest BCUT2D eigenvalue weighted by atomic mass is 16.6. The molecule has 6 heteroatoms.